The van der Waals surface area contributed by atoms with Gasteiger partial charge in [0, 0.05) is 10.7 Å². The molecule has 2 rings (SSSR count). The van der Waals surface area contributed by atoms with Crippen molar-refractivity contribution in [2.75, 3.05) is 18.8 Å². The molecule has 1 heterocycles. The average Bonchev–Trinajstić information content (AvgIpc) is 2.29. The van der Waals surface area contributed by atoms with E-state index < -0.39 is 0 Å². The quantitative estimate of drug-likeness (QED) is 0.795. The topological polar surface area (TPSA) is 38.0 Å². The van der Waals surface area contributed by atoms with Crippen molar-refractivity contribution in [3.8, 4) is 0 Å². The van der Waals surface area contributed by atoms with Crippen molar-refractivity contribution in [1.82, 2.24) is 5.32 Å². The van der Waals surface area contributed by atoms with Crippen LogP contribution < -0.4 is 11.1 Å². The van der Waals surface area contributed by atoms with Crippen LogP contribution in [0.3, 0.4) is 0 Å². The van der Waals surface area contributed by atoms with E-state index in [0.29, 0.717) is 0 Å². The number of nitrogen functional groups attached to an aromatic ring is 1. The molecule has 0 saturated carbocycles. The van der Waals surface area contributed by atoms with Gasteiger partial charge in [0.2, 0.25) is 0 Å². The molecule has 1 saturated heterocycles. The first-order chi connectivity index (χ1) is 7.75. The molecule has 16 heavy (non-hydrogen) atoms. The molecule has 1 atom stereocenters. The molecule has 0 aromatic heterocycles. The summed E-state index contributed by atoms with van der Waals surface area (Å²) in [5.41, 5.74) is 8.00. The second-order valence-corrected chi connectivity index (χ2v) is 5.03. The summed E-state index contributed by atoms with van der Waals surface area (Å²) < 4.78 is 0. The van der Waals surface area contributed by atoms with Gasteiger partial charge in [0.25, 0.3) is 0 Å². The van der Waals surface area contributed by atoms with E-state index >= 15 is 0 Å². The minimum atomic E-state index is 0.723. The SMILES string of the molecule is Nc1cc(Cl)ccc1CCC1CCCNC1. The van der Waals surface area contributed by atoms with Crippen LogP contribution in [0.1, 0.15) is 24.8 Å². The van der Waals surface area contributed by atoms with Gasteiger partial charge < -0.3 is 11.1 Å². The molecule has 0 spiro atoms. The zero-order valence-corrected chi connectivity index (χ0v) is 10.3. The van der Waals surface area contributed by atoms with Gasteiger partial charge in [0.05, 0.1) is 0 Å². The maximum Gasteiger partial charge on any atom is 0.0426 e. The Kier molecular flexibility index (Phi) is 4.08. The van der Waals surface area contributed by atoms with Crippen LogP contribution in [0.25, 0.3) is 0 Å². The lowest BCUT2D eigenvalue weighted by molar-refractivity contribution is 0.358. The molecular weight excluding hydrogens is 220 g/mol. The smallest absolute Gasteiger partial charge is 0.0426 e. The van der Waals surface area contributed by atoms with Crippen molar-refractivity contribution in [2.24, 2.45) is 5.92 Å². The first-order valence-corrected chi connectivity index (χ1v) is 6.38. The van der Waals surface area contributed by atoms with E-state index in [1.807, 2.05) is 18.2 Å². The molecule has 1 aromatic rings. The molecule has 1 aliphatic heterocycles. The van der Waals surface area contributed by atoms with Gasteiger partial charge in [-0.2, -0.15) is 0 Å². The highest BCUT2D eigenvalue weighted by Crippen LogP contribution is 2.22. The van der Waals surface area contributed by atoms with E-state index in [4.69, 9.17) is 17.3 Å². The van der Waals surface area contributed by atoms with Gasteiger partial charge in [0.1, 0.15) is 0 Å². The van der Waals surface area contributed by atoms with E-state index in [-0.39, 0.29) is 0 Å². The lowest BCUT2D eigenvalue weighted by atomic mass is 9.92. The Bertz CT molecular complexity index is 346. The normalized spacial score (nSPS) is 20.9. The molecular formula is C13H19ClN2. The second kappa shape index (κ2) is 5.55. The highest BCUT2D eigenvalue weighted by Gasteiger charge is 2.13. The number of rotatable bonds is 3. The van der Waals surface area contributed by atoms with Gasteiger partial charge in [-0.1, -0.05) is 17.7 Å². The first-order valence-electron chi connectivity index (χ1n) is 6.00. The van der Waals surface area contributed by atoms with E-state index in [1.165, 1.54) is 31.4 Å². The summed E-state index contributed by atoms with van der Waals surface area (Å²) in [5.74, 6) is 0.809. The Balaban J connectivity index is 1.88. The standard InChI is InChI=1S/C13H19ClN2/c14-12-6-5-11(13(15)8-12)4-3-10-2-1-7-16-9-10/h5-6,8,10,16H,1-4,7,9,15H2. The number of nitrogens with one attached hydrogen (secondary N) is 1. The largest absolute Gasteiger partial charge is 0.398 e. The maximum absolute atomic E-state index is 5.94. The van der Waals surface area contributed by atoms with Crippen molar-refractivity contribution in [3.05, 3.63) is 28.8 Å². The maximum atomic E-state index is 5.94. The van der Waals surface area contributed by atoms with E-state index in [0.717, 1.165) is 29.6 Å². The van der Waals surface area contributed by atoms with Crippen LogP contribution in [0.15, 0.2) is 18.2 Å². The van der Waals surface area contributed by atoms with Gasteiger partial charge >= 0.3 is 0 Å². The molecule has 0 amide bonds. The van der Waals surface area contributed by atoms with E-state index in [1.54, 1.807) is 0 Å². The molecule has 0 aliphatic carbocycles. The van der Waals surface area contributed by atoms with Crippen molar-refractivity contribution in [1.29, 1.82) is 0 Å². The van der Waals surface area contributed by atoms with E-state index in [2.05, 4.69) is 5.32 Å². The fraction of sp³-hybridized carbons (Fsp3) is 0.538. The average molecular weight is 239 g/mol. The lowest BCUT2D eigenvalue weighted by Gasteiger charge is -2.22. The number of aryl methyl sites for hydroxylation is 1. The lowest BCUT2D eigenvalue weighted by Crippen LogP contribution is -2.29. The van der Waals surface area contributed by atoms with Crippen LogP contribution >= 0.6 is 11.6 Å². The number of hydrogen-bond donors (Lipinski definition) is 2. The summed E-state index contributed by atoms with van der Waals surface area (Å²) in [6.07, 6.45) is 4.94. The van der Waals surface area contributed by atoms with Crippen LogP contribution in [0.4, 0.5) is 5.69 Å². The summed E-state index contributed by atoms with van der Waals surface area (Å²) >= 11 is 5.88. The van der Waals surface area contributed by atoms with Crippen LogP contribution in [-0.2, 0) is 6.42 Å². The Hall–Kier alpha value is -0.730. The summed E-state index contributed by atoms with van der Waals surface area (Å²) in [5, 5.41) is 4.17. The molecule has 3 N–H and O–H groups in total. The van der Waals surface area contributed by atoms with Gasteiger partial charge in [-0.25, -0.2) is 0 Å². The Morgan fingerprint density at radius 2 is 2.31 bits per heavy atom. The molecule has 1 unspecified atom stereocenters. The van der Waals surface area contributed by atoms with Gasteiger partial charge in [-0.3, -0.25) is 0 Å². The molecule has 1 aliphatic rings. The zero-order valence-electron chi connectivity index (χ0n) is 9.51. The van der Waals surface area contributed by atoms with Crippen LogP contribution in [0.5, 0.6) is 0 Å². The number of benzene rings is 1. The Morgan fingerprint density at radius 1 is 1.44 bits per heavy atom. The third-order valence-electron chi connectivity index (χ3n) is 3.33. The fourth-order valence-electron chi connectivity index (χ4n) is 2.32. The highest BCUT2D eigenvalue weighted by molar-refractivity contribution is 6.30. The monoisotopic (exact) mass is 238 g/mol. The molecule has 88 valence electrons. The van der Waals surface area contributed by atoms with Gasteiger partial charge in [-0.15, -0.1) is 0 Å². The van der Waals surface area contributed by atoms with Crippen molar-refractivity contribution >= 4 is 17.3 Å². The molecule has 2 nitrogen and oxygen atoms in total. The first kappa shape index (κ1) is 11.7. The Morgan fingerprint density at radius 3 is 3.00 bits per heavy atom. The Labute approximate surface area is 102 Å². The summed E-state index contributed by atoms with van der Waals surface area (Å²) in [6.45, 7) is 2.34. The number of piperidine rings is 1. The number of halogens is 1. The van der Waals surface area contributed by atoms with Crippen molar-refractivity contribution in [3.63, 3.8) is 0 Å². The molecule has 1 aromatic carbocycles. The van der Waals surface area contributed by atoms with Crippen molar-refractivity contribution in [2.45, 2.75) is 25.7 Å². The van der Waals surface area contributed by atoms with Crippen LogP contribution in [-0.4, -0.2) is 13.1 Å². The number of anilines is 1. The second-order valence-electron chi connectivity index (χ2n) is 4.59. The molecule has 0 bridgehead atoms. The summed E-state index contributed by atoms with van der Waals surface area (Å²) in [6, 6.07) is 5.82. The third-order valence-corrected chi connectivity index (χ3v) is 3.56. The summed E-state index contributed by atoms with van der Waals surface area (Å²) in [7, 11) is 0. The van der Waals surface area contributed by atoms with Gasteiger partial charge in [0.15, 0.2) is 0 Å². The van der Waals surface area contributed by atoms with Crippen LogP contribution in [0, 0.1) is 5.92 Å². The van der Waals surface area contributed by atoms with Crippen LogP contribution in [0.2, 0.25) is 5.02 Å². The highest BCUT2D eigenvalue weighted by atomic mass is 35.5. The molecule has 3 heteroatoms. The third kappa shape index (κ3) is 3.13. The molecule has 1 fully saturated rings. The number of nitrogens with two attached hydrogens (primary N) is 1. The van der Waals surface area contributed by atoms with E-state index in [9.17, 15) is 0 Å². The number of hydrogen-bond acceptors (Lipinski definition) is 2. The molecule has 0 radical (unpaired) electrons. The van der Waals surface area contributed by atoms with Crippen molar-refractivity contribution < 1.29 is 0 Å². The van der Waals surface area contributed by atoms with Gasteiger partial charge in [-0.05, 0) is 62.4 Å². The zero-order chi connectivity index (χ0) is 11.4. The minimum absolute atomic E-state index is 0.723. The minimum Gasteiger partial charge on any atom is -0.398 e. The predicted octanol–water partition coefficient (Wildman–Crippen LogP) is 2.85. The fourth-order valence-corrected chi connectivity index (χ4v) is 2.50. The predicted molar refractivity (Wildman–Crippen MR) is 69.8 cm³/mol. The summed E-state index contributed by atoms with van der Waals surface area (Å²) in [4.78, 5) is 0.